The van der Waals surface area contributed by atoms with E-state index >= 15 is 0 Å². The molecule has 19 heavy (non-hydrogen) atoms. The zero-order chi connectivity index (χ0) is 13.8. The van der Waals surface area contributed by atoms with Gasteiger partial charge in [0.2, 0.25) is 0 Å². The number of hydrogen-bond donors (Lipinski definition) is 1. The molecule has 2 aromatic rings. The first-order valence-corrected chi connectivity index (χ1v) is 5.17. The van der Waals surface area contributed by atoms with Gasteiger partial charge in [0.15, 0.2) is 5.69 Å². The Morgan fingerprint density at radius 2 is 1.84 bits per heavy atom. The third-order valence-electron chi connectivity index (χ3n) is 2.19. The molecule has 0 atom stereocenters. The highest BCUT2D eigenvalue weighted by Gasteiger charge is 2.15. The van der Waals surface area contributed by atoms with Gasteiger partial charge in [-0.15, -0.1) is 0 Å². The van der Waals surface area contributed by atoms with Crippen molar-refractivity contribution in [3.05, 3.63) is 53.9 Å². The lowest BCUT2D eigenvalue weighted by Gasteiger charge is -2.08. The SMILES string of the molecule is O=C([O-])c1nccnc1C(=O)Nc1cccc(F)c1. The summed E-state index contributed by atoms with van der Waals surface area (Å²) in [4.78, 5) is 29.7. The minimum atomic E-state index is -1.61. The third-order valence-corrected chi connectivity index (χ3v) is 2.19. The van der Waals surface area contributed by atoms with Crippen LogP contribution >= 0.6 is 0 Å². The Bertz CT molecular complexity index is 646. The number of aromatic carboxylic acids is 1. The number of carboxylic acids is 1. The van der Waals surface area contributed by atoms with Crippen molar-refractivity contribution < 1.29 is 19.1 Å². The summed E-state index contributed by atoms with van der Waals surface area (Å²) < 4.78 is 12.9. The van der Waals surface area contributed by atoms with Crippen LogP contribution in [0.4, 0.5) is 10.1 Å². The number of benzene rings is 1. The maximum Gasteiger partial charge on any atom is 0.276 e. The van der Waals surface area contributed by atoms with E-state index in [1.54, 1.807) is 0 Å². The van der Waals surface area contributed by atoms with Crippen LogP contribution in [0.15, 0.2) is 36.7 Å². The van der Waals surface area contributed by atoms with Crippen molar-refractivity contribution in [2.75, 3.05) is 5.32 Å². The van der Waals surface area contributed by atoms with E-state index in [0.29, 0.717) is 0 Å². The van der Waals surface area contributed by atoms with E-state index in [9.17, 15) is 19.1 Å². The van der Waals surface area contributed by atoms with Gasteiger partial charge in [0.05, 0.1) is 5.97 Å². The molecule has 1 heterocycles. The average Bonchev–Trinajstić information content (AvgIpc) is 2.38. The third kappa shape index (κ3) is 2.89. The molecule has 1 aromatic heterocycles. The Morgan fingerprint density at radius 1 is 1.16 bits per heavy atom. The van der Waals surface area contributed by atoms with Crippen molar-refractivity contribution >= 4 is 17.6 Å². The number of hydrogen-bond acceptors (Lipinski definition) is 5. The first kappa shape index (κ1) is 12.6. The standard InChI is InChI=1S/C12H8FN3O3/c13-7-2-1-3-8(6-7)16-11(17)9-10(12(18)19)15-5-4-14-9/h1-6H,(H,16,17)(H,18,19)/p-1. The second-order valence-electron chi connectivity index (χ2n) is 3.51. The molecule has 0 radical (unpaired) electrons. The summed E-state index contributed by atoms with van der Waals surface area (Å²) in [6, 6.07) is 5.16. The summed E-state index contributed by atoms with van der Waals surface area (Å²) in [5.41, 5.74) is -0.789. The number of carboxylic acid groups (broad SMARTS) is 1. The number of amides is 1. The molecule has 0 aliphatic heterocycles. The number of halogens is 1. The summed E-state index contributed by atoms with van der Waals surface area (Å²) in [6.07, 6.45) is 2.30. The van der Waals surface area contributed by atoms with Gasteiger partial charge in [-0.05, 0) is 18.2 Å². The molecular weight excluding hydrogens is 253 g/mol. The number of carbonyl (C=O) groups is 2. The van der Waals surface area contributed by atoms with Gasteiger partial charge in [0.25, 0.3) is 5.91 Å². The highest BCUT2D eigenvalue weighted by Crippen LogP contribution is 2.11. The van der Waals surface area contributed by atoms with E-state index in [-0.39, 0.29) is 5.69 Å². The number of rotatable bonds is 3. The predicted molar refractivity (Wildman–Crippen MR) is 60.7 cm³/mol. The minimum Gasteiger partial charge on any atom is -0.543 e. The van der Waals surface area contributed by atoms with E-state index in [2.05, 4.69) is 15.3 Å². The lowest BCUT2D eigenvalue weighted by atomic mass is 10.2. The number of nitrogens with zero attached hydrogens (tertiary/aromatic N) is 2. The summed E-state index contributed by atoms with van der Waals surface area (Å²) >= 11 is 0. The second kappa shape index (κ2) is 5.21. The monoisotopic (exact) mass is 260 g/mol. The molecule has 0 aliphatic rings. The van der Waals surface area contributed by atoms with Crippen molar-refractivity contribution in [1.29, 1.82) is 0 Å². The van der Waals surface area contributed by atoms with Gasteiger partial charge in [0.1, 0.15) is 11.5 Å². The smallest absolute Gasteiger partial charge is 0.276 e. The molecule has 1 amide bonds. The van der Waals surface area contributed by atoms with Crippen LogP contribution in [0.25, 0.3) is 0 Å². The highest BCUT2D eigenvalue weighted by atomic mass is 19.1. The zero-order valence-electron chi connectivity index (χ0n) is 9.46. The van der Waals surface area contributed by atoms with Crippen molar-refractivity contribution in [3.63, 3.8) is 0 Å². The van der Waals surface area contributed by atoms with Crippen LogP contribution < -0.4 is 10.4 Å². The summed E-state index contributed by atoms with van der Waals surface area (Å²) in [6.45, 7) is 0. The fourth-order valence-electron chi connectivity index (χ4n) is 1.41. The summed E-state index contributed by atoms with van der Waals surface area (Å²) in [7, 11) is 0. The molecule has 0 unspecified atom stereocenters. The highest BCUT2D eigenvalue weighted by molar-refractivity contribution is 6.08. The van der Waals surface area contributed by atoms with Crippen LogP contribution in [0, 0.1) is 5.82 Å². The first-order chi connectivity index (χ1) is 9.08. The summed E-state index contributed by atoms with van der Waals surface area (Å²) in [5.74, 6) is -2.95. The number of aromatic nitrogens is 2. The number of anilines is 1. The first-order valence-electron chi connectivity index (χ1n) is 5.17. The maximum absolute atomic E-state index is 12.9. The van der Waals surface area contributed by atoms with Crippen LogP contribution in [0.5, 0.6) is 0 Å². The van der Waals surface area contributed by atoms with E-state index < -0.39 is 29.1 Å². The molecule has 1 N–H and O–H groups in total. The van der Waals surface area contributed by atoms with Crippen LogP contribution in [-0.4, -0.2) is 21.8 Å². The van der Waals surface area contributed by atoms with E-state index in [4.69, 9.17) is 0 Å². The van der Waals surface area contributed by atoms with Crippen LogP contribution in [-0.2, 0) is 0 Å². The lowest BCUT2D eigenvalue weighted by Crippen LogP contribution is -2.28. The Kier molecular flexibility index (Phi) is 3.46. The molecule has 2 rings (SSSR count). The van der Waals surface area contributed by atoms with Gasteiger partial charge in [0, 0.05) is 18.1 Å². The molecular formula is C12H7FN3O3-. The average molecular weight is 260 g/mol. The van der Waals surface area contributed by atoms with Gasteiger partial charge >= 0.3 is 0 Å². The second-order valence-corrected chi connectivity index (χ2v) is 3.51. The van der Waals surface area contributed by atoms with Crippen LogP contribution in [0.3, 0.4) is 0 Å². The van der Waals surface area contributed by atoms with E-state index in [0.717, 1.165) is 12.3 Å². The Morgan fingerprint density at radius 3 is 2.47 bits per heavy atom. The van der Waals surface area contributed by atoms with Gasteiger partial charge in [-0.25, -0.2) is 9.37 Å². The molecule has 0 saturated heterocycles. The molecule has 0 fully saturated rings. The van der Waals surface area contributed by atoms with Crippen molar-refractivity contribution in [2.24, 2.45) is 0 Å². The lowest BCUT2D eigenvalue weighted by molar-refractivity contribution is -0.255. The van der Waals surface area contributed by atoms with Crippen molar-refractivity contribution in [2.45, 2.75) is 0 Å². The Balaban J connectivity index is 2.28. The number of carbonyl (C=O) groups excluding carboxylic acids is 2. The zero-order valence-corrected chi connectivity index (χ0v) is 9.46. The van der Waals surface area contributed by atoms with E-state index in [1.807, 2.05) is 0 Å². The maximum atomic E-state index is 12.9. The van der Waals surface area contributed by atoms with E-state index in [1.165, 1.54) is 24.4 Å². The molecule has 6 nitrogen and oxygen atoms in total. The Labute approximate surface area is 106 Å². The molecule has 7 heteroatoms. The van der Waals surface area contributed by atoms with Crippen LogP contribution in [0.2, 0.25) is 0 Å². The normalized spacial score (nSPS) is 9.95. The molecule has 96 valence electrons. The van der Waals surface area contributed by atoms with Gasteiger partial charge in [-0.3, -0.25) is 9.78 Å². The fraction of sp³-hybridized carbons (Fsp3) is 0. The molecule has 1 aromatic carbocycles. The van der Waals surface area contributed by atoms with Gasteiger partial charge in [-0.2, -0.15) is 0 Å². The molecule has 0 saturated carbocycles. The fourth-order valence-corrected chi connectivity index (χ4v) is 1.41. The minimum absolute atomic E-state index is 0.181. The molecule has 0 spiro atoms. The molecule has 0 bridgehead atoms. The van der Waals surface area contributed by atoms with Gasteiger partial charge in [-0.1, -0.05) is 6.07 Å². The topological polar surface area (TPSA) is 95.0 Å². The van der Waals surface area contributed by atoms with Crippen LogP contribution in [0.1, 0.15) is 21.0 Å². The molecule has 0 aliphatic carbocycles. The quantitative estimate of drug-likeness (QED) is 0.852. The summed E-state index contributed by atoms with van der Waals surface area (Å²) in [5, 5.41) is 13.1. The number of nitrogens with one attached hydrogen (secondary N) is 1. The largest absolute Gasteiger partial charge is 0.543 e. The van der Waals surface area contributed by atoms with Crippen molar-refractivity contribution in [1.82, 2.24) is 9.97 Å². The predicted octanol–water partition coefficient (Wildman–Crippen LogP) is 0.231. The van der Waals surface area contributed by atoms with Gasteiger partial charge < -0.3 is 15.2 Å². The van der Waals surface area contributed by atoms with Crippen molar-refractivity contribution in [3.8, 4) is 0 Å². The Hall–Kier alpha value is -2.83.